The van der Waals surface area contributed by atoms with E-state index in [4.69, 9.17) is 16.3 Å². The zero-order valence-electron chi connectivity index (χ0n) is 16.9. The van der Waals surface area contributed by atoms with Crippen LogP contribution in [-0.4, -0.2) is 43.1 Å². The van der Waals surface area contributed by atoms with Crippen molar-refractivity contribution in [3.8, 4) is 0 Å². The summed E-state index contributed by atoms with van der Waals surface area (Å²) in [6, 6.07) is 8.02. The number of nitrogens with zero attached hydrogens (tertiary/aromatic N) is 1. The van der Waals surface area contributed by atoms with Crippen molar-refractivity contribution in [2.45, 2.75) is 44.6 Å². The molecule has 6 rings (SSSR count). The largest absolute Gasteiger partial charge is 0.442 e. The Balaban J connectivity index is 1.40. The van der Waals surface area contributed by atoms with Crippen LogP contribution in [0.25, 0.3) is 0 Å². The van der Waals surface area contributed by atoms with Crippen molar-refractivity contribution in [1.82, 2.24) is 10.2 Å². The van der Waals surface area contributed by atoms with Crippen LogP contribution in [0.4, 0.5) is 4.79 Å². The quantitative estimate of drug-likeness (QED) is 0.809. The number of rotatable bonds is 4. The molecule has 1 heterocycles. The molecule has 1 saturated heterocycles. The first kappa shape index (κ1) is 19.2. The molecule has 29 heavy (non-hydrogen) atoms. The van der Waals surface area contributed by atoms with Gasteiger partial charge < -0.3 is 15.0 Å². The van der Waals surface area contributed by atoms with Crippen LogP contribution in [0.3, 0.4) is 0 Å². The number of carbonyl (C=O) groups is 2. The Morgan fingerprint density at radius 1 is 1.07 bits per heavy atom. The summed E-state index contributed by atoms with van der Waals surface area (Å²) in [4.78, 5) is 27.4. The number of halogens is 1. The molecule has 0 unspecified atom stereocenters. The van der Waals surface area contributed by atoms with E-state index in [-0.39, 0.29) is 17.4 Å². The third-order valence-corrected chi connectivity index (χ3v) is 8.27. The molecule has 5 fully saturated rings. The molecule has 1 aromatic carbocycles. The Labute approximate surface area is 177 Å². The van der Waals surface area contributed by atoms with Crippen molar-refractivity contribution in [2.24, 2.45) is 29.1 Å². The average Bonchev–Trinajstić information content (AvgIpc) is 2.67. The molecule has 1 aromatic rings. The lowest BCUT2D eigenvalue weighted by molar-refractivity contribution is -0.179. The highest BCUT2D eigenvalue weighted by molar-refractivity contribution is 6.30. The summed E-state index contributed by atoms with van der Waals surface area (Å²) >= 11 is 6.10. The summed E-state index contributed by atoms with van der Waals surface area (Å²) in [5.74, 6) is 2.86. The minimum atomic E-state index is -0.424. The van der Waals surface area contributed by atoms with E-state index in [9.17, 15) is 9.59 Å². The van der Waals surface area contributed by atoms with Gasteiger partial charge in [0.15, 0.2) is 0 Å². The first-order valence-corrected chi connectivity index (χ1v) is 11.3. The molecule has 4 saturated carbocycles. The van der Waals surface area contributed by atoms with Crippen molar-refractivity contribution in [3.05, 3.63) is 34.9 Å². The molecule has 0 radical (unpaired) electrons. The van der Waals surface area contributed by atoms with Crippen molar-refractivity contribution < 1.29 is 14.3 Å². The van der Waals surface area contributed by atoms with Gasteiger partial charge in [0, 0.05) is 12.1 Å². The number of hydrogen-bond donors (Lipinski definition) is 1. The predicted octanol–water partition coefficient (Wildman–Crippen LogP) is 3.89. The monoisotopic (exact) mass is 416 g/mol. The number of benzene rings is 1. The molecule has 5 nitrogen and oxygen atoms in total. The highest BCUT2D eigenvalue weighted by Crippen LogP contribution is 2.64. The van der Waals surface area contributed by atoms with E-state index < -0.39 is 6.09 Å². The minimum Gasteiger partial charge on any atom is -0.442 e. The molecule has 2 amide bonds. The van der Waals surface area contributed by atoms with Gasteiger partial charge in [-0.05, 0) is 79.9 Å². The van der Waals surface area contributed by atoms with Gasteiger partial charge in [0.1, 0.15) is 6.10 Å². The second-order valence-corrected chi connectivity index (χ2v) is 10.1. The van der Waals surface area contributed by atoms with Gasteiger partial charge in [-0.3, -0.25) is 4.79 Å². The van der Waals surface area contributed by atoms with Gasteiger partial charge in [-0.2, -0.15) is 0 Å². The maximum Gasteiger partial charge on any atom is 0.407 e. The van der Waals surface area contributed by atoms with E-state index in [1.54, 1.807) is 7.05 Å². The first-order chi connectivity index (χ1) is 14.0. The molecule has 4 aliphatic carbocycles. The number of alkyl carbamates (subject to hydrolysis) is 1. The zero-order valence-corrected chi connectivity index (χ0v) is 17.7. The smallest absolute Gasteiger partial charge is 0.407 e. The number of hydrogen-bond acceptors (Lipinski definition) is 3. The number of ether oxygens (including phenoxy) is 1. The maximum absolute atomic E-state index is 14.0. The van der Waals surface area contributed by atoms with Gasteiger partial charge in [0.2, 0.25) is 5.91 Å². The molecule has 156 valence electrons. The van der Waals surface area contributed by atoms with Crippen molar-refractivity contribution in [3.63, 3.8) is 0 Å². The van der Waals surface area contributed by atoms with Gasteiger partial charge in [-0.25, -0.2) is 4.79 Å². The molecular weight excluding hydrogens is 388 g/mol. The second kappa shape index (κ2) is 7.19. The summed E-state index contributed by atoms with van der Waals surface area (Å²) in [7, 11) is 1.56. The molecule has 5 aliphatic rings. The number of carbonyl (C=O) groups excluding carboxylic acids is 2. The zero-order chi connectivity index (χ0) is 20.2. The fraction of sp³-hybridized carbons (Fsp3) is 0.652. The van der Waals surface area contributed by atoms with Crippen LogP contribution in [0.2, 0.25) is 5.02 Å². The van der Waals surface area contributed by atoms with Crippen LogP contribution in [-0.2, 0) is 16.0 Å². The predicted molar refractivity (Wildman–Crippen MR) is 111 cm³/mol. The lowest BCUT2D eigenvalue weighted by atomic mass is 9.43. The van der Waals surface area contributed by atoms with Crippen molar-refractivity contribution >= 4 is 23.6 Å². The third-order valence-electron chi connectivity index (χ3n) is 8.02. The minimum absolute atomic E-state index is 0.191. The highest BCUT2D eigenvalue weighted by Gasteiger charge is 2.62. The molecule has 6 heteroatoms. The number of likely N-dealkylation sites (tertiary alicyclic amines) is 1. The Hall–Kier alpha value is -1.75. The van der Waals surface area contributed by atoms with Gasteiger partial charge in [-0.15, -0.1) is 0 Å². The third kappa shape index (κ3) is 3.22. The summed E-state index contributed by atoms with van der Waals surface area (Å²) in [6.07, 6.45) is 6.32. The van der Waals surface area contributed by atoms with Crippen molar-refractivity contribution in [1.29, 1.82) is 0 Å². The van der Waals surface area contributed by atoms with E-state index in [0.717, 1.165) is 23.3 Å². The fourth-order valence-corrected chi connectivity index (χ4v) is 6.99. The number of nitrogens with one attached hydrogen (secondary N) is 1. The lowest BCUT2D eigenvalue weighted by Gasteiger charge is -2.62. The average molecular weight is 417 g/mol. The van der Waals surface area contributed by atoms with Crippen LogP contribution in [0.1, 0.15) is 37.7 Å². The van der Waals surface area contributed by atoms with Gasteiger partial charge >= 0.3 is 6.09 Å². The van der Waals surface area contributed by atoms with Crippen LogP contribution < -0.4 is 5.32 Å². The Morgan fingerprint density at radius 3 is 2.21 bits per heavy atom. The molecule has 1 N–H and O–H groups in total. The van der Waals surface area contributed by atoms with E-state index in [1.807, 2.05) is 17.0 Å². The highest BCUT2D eigenvalue weighted by atomic mass is 35.5. The summed E-state index contributed by atoms with van der Waals surface area (Å²) < 4.78 is 5.33. The van der Waals surface area contributed by atoms with Gasteiger partial charge in [0.05, 0.1) is 18.5 Å². The lowest BCUT2D eigenvalue weighted by Crippen LogP contribution is -2.66. The topological polar surface area (TPSA) is 58.6 Å². The van der Waals surface area contributed by atoms with Crippen molar-refractivity contribution in [2.75, 3.05) is 20.1 Å². The van der Waals surface area contributed by atoms with E-state index in [2.05, 4.69) is 17.4 Å². The Bertz CT molecular complexity index is 775. The normalized spacial score (nSPS) is 35.3. The summed E-state index contributed by atoms with van der Waals surface area (Å²) in [6.45, 7) is 1.03. The molecule has 0 aromatic heterocycles. The maximum atomic E-state index is 14.0. The van der Waals surface area contributed by atoms with Gasteiger partial charge in [-0.1, -0.05) is 23.7 Å². The Kier molecular flexibility index (Phi) is 4.77. The number of amides is 2. The SMILES string of the molecule is CNC(=O)OC1CN(C(=O)C2(Cc3ccc(Cl)cc3)C3CC4CC(C3)CC2C4)C1. The van der Waals surface area contributed by atoms with E-state index in [1.165, 1.54) is 37.7 Å². The van der Waals surface area contributed by atoms with Crippen LogP contribution in [0, 0.1) is 29.1 Å². The molecule has 0 spiro atoms. The van der Waals surface area contributed by atoms with Crippen LogP contribution in [0.5, 0.6) is 0 Å². The summed E-state index contributed by atoms with van der Waals surface area (Å²) in [5.41, 5.74) is 0.896. The molecular formula is C23H29ClN2O3. The van der Waals surface area contributed by atoms with Crippen LogP contribution in [0.15, 0.2) is 24.3 Å². The van der Waals surface area contributed by atoms with Gasteiger partial charge in [0.25, 0.3) is 0 Å². The van der Waals surface area contributed by atoms with E-state index >= 15 is 0 Å². The van der Waals surface area contributed by atoms with E-state index in [0.29, 0.717) is 24.9 Å². The molecule has 0 atom stereocenters. The summed E-state index contributed by atoms with van der Waals surface area (Å²) in [5, 5.41) is 3.22. The molecule has 1 aliphatic heterocycles. The Morgan fingerprint density at radius 2 is 1.66 bits per heavy atom. The first-order valence-electron chi connectivity index (χ1n) is 10.9. The van der Waals surface area contributed by atoms with Crippen LogP contribution >= 0.6 is 11.6 Å². The molecule has 4 bridgehead atoms. The second-order valence-electron chi connectivity index (χ2n) is 9.64. The standard InChI is InChI=1S/C23H29ClN2O3/c1-25-22(28)29-20-12-26(13-20)21(27)23(11-14-2-4-19(24)5-3-14)17-7-15-6-16(9-17)10-18(23)8-15/h2-5,15-18,20H,6-13H2,1H3,(H,25,28). The fourth-order valence-electron chi connectivity index (χ4n) is 6.86.